The van der Waals surface area contributed by atoms with E-state index in [1.807, 2.05) is 0 Å². The summed E-state index contributed by atoms with van der Waals surface area (Å²) in [5, 5.41) is 0. The number of thiocarbonyl (C=S) groups is 1. The molecule has 0 spiro atoms. The minimum Gasteiger partial charge on any atom is -0.459 e. The first kappa shape index (κ1) is 8.77. The van der Waals surface area contributed by atoms with Crippen molar-refractivity contribution in [3.05, 3.63) is 24.2 Å². The van der Waals surface area contributed by atoms with Crippen molar-refractivity contribution in [2.24, 2.45) is 0 Å². The van der Waals surface area contributed by atoms with Gasteiger partial charge in [-0.3, -0.25) is 9.69 Å². The molecule has 0 atom stereocenters. The number of hydrogen-bond acceptors (Lipinski definition) is 4. The topological polar surface area (TPSA) is 33.5 Å². The molecule has 0 aliphatic carbocycles. The molecule has 1 aromatic rings. The minimum atomic E-state index is -0.139. The van der Waals surface area contributed by atoms with Crippen molar-refractivity contribution in [1.29, 1.82) is 0 Å². The van der Waals surface area contributed by atoms with Gasteiger partial charge in [-0.05, 0) is 12.1 Å². The molecule has 0 aromatic carbocycles. The SMILES string of the molecule is O=C(c1ccco1)N1CCSC1=S. The van der Waals surface area contributed by atoms with Crippen LogP contribution in [0.5, 0.6) is 0 Å². The molecule has 0 N–H and O–H groups in total. The summed E-state index contributed by atoms with van der Waals surface area (Å²) in [7, 11) is 0. The van der Waals surface area contributed by atoms with E-state index in [0.29, 0.717) is 16.6 Å². The second-order valence-corrected chi connectivity index (χ2v) is 4.28. The fourth-order valence-corrected chi connectivity index (χ4v) is 2.31. The molecule has 2 heterocycles. The lowest BCUT2D eigenvalue weighted by molar-refractivity contribution is 0.0831. The summed E-state index contributed by atoms with van der Waals surface area (Å²) >= 11 is 6.54. The third kappa shape index (κ3) is 1.62. The highest BCUT2D eigenvalue weighted by Crippen LogP contribution is 2.20. The Morgan fingerprint density at radius 2 is 2.54 bits per heavy atom. The first-order valence-electron chi connectivity index (χ1n) is 3.81. The van der Waals surface area contributed by atoms with Crippen LogP contribution in [0, 0.1) is 0 Å². The van der Waals surface area contributed by atoms with E-state index < -0.39 is 0 Å². The lowest BCUT2D eigenvalue weighted by Gasteiger charge is -2.11. The van der Waals surface area contributed by atoms with E-state index in [2.05, 4.69) is 0 Å². The van der Waals surface area contributed by atoms with E-state index in [4.69, 9.17) is 16.6 Å². The van der Waals surface area contributed by atoms with Gasteiger partial charge < -0.3 is 4.42 Å². The summed E-state index contributed by atoms with van der Waals surface area (Å²) in [6, 6.07) is 3.34. The van der Waals surface area contributed by atoms with Gasteiger partial charge >= 0.3 is 0 Å². The van der Waals surface area contributed by atoms with E-state index in [0.717, 1.165) is 5.75 Å². The van der Waals surface area contributed by atoms with Gasteiger partial charge in [0.1, 0.15) is 4.32 Å². The molecule has 13 heavy (non-hydrogen) atoms. The predicted molar refractivity (Wildman–Crippen MR) is 54.8 cm³/mol. The Morgan fingerprint density at radius 3 is 3.08 bits per heavy atom. The smallest absolute Gasteiger partial charge is 0.295 e. The van der Waals surface area contributed by atoms with Gasteiger partial charge in [-0.1, -0.05) is 24.0 Å². The third-order valence-electron chi connectivity index (χ3n) is 1.74. The van der Waals surface area contributed by atoms with Crippen molar-refractivity contribution in [1.82, 2.24) is 4.90 Å². The number of carbonyl (C=O) groups excluding carboxylic acids is 1. The van der Waals surface area contributed by atoms with Crippen molar-refractivity contribution >= 4 is 34.2 Å². The average Bonchev–Trinajstić information content (AvgIpc) is 2.72. The van der Waals surface area contributed by atoms with Crippen LogP contribution in [0.4, 0.5) is 0 Å². The number of hydrogen-bond donors (Lipinski definition) is 0. The number of nitrogens with zero attached hydrogens (tertiary/aromatic N) is 1. The van der Waals surface area contributed by atoms with Crippen LogP contribution in [0.25, 0.3) is 0 Å². The van der Waals surface area contributed by atoms with Crippen LogP contribution >= 0.6 is 24.0 Å². The summed E-state index contributed by atoms with van der Waals surface area (Å²) in [6.45, 7) is 0.684. The second-order valence-electron chi connectivity index (χ2n) is 2.55. The standard InChI is InChI=1S/C8H7NO2S2/c10-7(6-2-1-4-11-6)9-3-5-13-8(9)12/h1-2,4H,3,5H2. The molecule has 0 radical (unpaired) electrons. The molecular weight excluding hydrogens is 206 g/mol. The zero-order chi connectivity index (χ0) is 9.26. The van der Waals surface area contributed by atoms with E-state index in [-0.39, 0.29) is 5.91 Å². The minimum absolute atomic E-state index is 0.139. The Morgan fingerprint density at radius 1 is 1.69 bits per heavy atom. The van der Waals surface area contributed by atoms with Crippen LogP contribution in [0.3, 0.4) is 0 Å². The van der Waals surface area contributed by atoms with Gasteiger partial charge in [0.2, 0.25) is 0 Å². The molecule has 1 aliphatic heterocycles. The Balaban J connectivity index is 2.18. The molecule has 3 nitrogen and oxygen atoms in total. The van der Waals surface area contributed by atoms with Crippen LogP contribution in [-0.2, 0) is 0 Å². The summed E-state index contributed by atoms with van der Waals surface area (Å²) < 4.78 is 5.64. The average molecular weight is 213 g/mol. The molecule has 1 fully saturated rings. The number of amides is 1. The number of thioether (sulfide) groups is 1. The van der Waals surface area contributed by atoms with E-state index in [1.165, 1.54) is 18.0 Å². The van der Waals surface area contributed by atoms with Crippen LogP contribution in [0.1, 0.15) is 10.6 Å². The molecule has 1 aromatic heterocycles. The van der Waals surface area contributed by atoms with Crippen molar-refractivity contribution in [3.8, 4) is 0 Å². The maximum atomic E-state index is 11.6. The van der Waals surface area contributed by atoms with Crippen molar-refractivity contribution in [2.75, 3.05) is 12.3 Å². The highest BCUT2D eigenvalue weighted by Gasteiger charge is 2.26. The summed E-state index contributed by atoms with van der Waals surface area (Å²) in [5.41, 5.74) is 0. The van der Waals surface area contributed by atoms with Gasteiger partial charge in [-0.25, -0.2) is 0 Å². The highest BCUT2D eigenvalue weighted by atomic mass is 32.2. The summed E-state index contributed by atoms with van der Waals surface area (Å²) in [6.07, 6.45) is 1.49. The van der Waals surface area contributed by atoms with Crippen LogP contribution < -0.4 is 0 Å². The molecule has 0 bridgehead atoms. The highest BCUT2D eigenvalue weighted by molar-refractivity contribution is 8.23. The predicted octanol–water partition coefficient (Wildman–Crippen LogP) is 1.75. The van der Waals surface area contributed by atoms with Crippen LogP contribution in [0.15, 0.2) is 22.8 Å². The zero-order valence-electron chi connectivity index (χ0n) is 6.73. The van der Waals surface area contributed by atoms with Crippen LogP contribution in [0.2, 0.25) is 0 Å². The Kier molecular flexibility index (Phi) is 2.37. The first-order chi connectivity index (χ1) is 6.29. The normalized spacial score (nSPS) is 16.6. The molecule has 1 saturated heterocycles. The number of rotatable bonds is 1. The Bertz CT molecular complexity index is 334. The van der Waals surface area contributed by atoms with E-state index in [9.17, 15) is 4.79 Å². The van der Waals surface area contributed by atoms with Gasteiger partial charge in [-0.2, -0.15) is 0 Å². The molecular formula is C8H7NO2S2. The monoisotopic (exact) mass is 213 g/mol. The Labute approximate surface area is 85.1 Å². The van der Waals surface area contributed by atoms with E-state index >= 15 is 0 Å². The summed E-state index contributed by atoms with van der Waals surface area (Å²) in [5.74, 6) is 1.09. The molecule has 0 unspecified atom stereocenters. The fourth-order valence-electron chi connectivity index (χ4n) is 1.11. The maximum absolute atomic E-state index is 11.6. The lowest BCUT2D eigenvalue weighted by Crippen LogP contribution is -2.30. The molecule has 0 saturated carbocycles. The first-order valence-corrected chi connectivity index (χ1v) is 5.20. The van der Waals surface area contributed by atoms with Gasteiger partial charge in [0.25, 0.3) is 5.91 Å². The largest absolute Gasteiger partial charge is 0.459 e. The zero-order valence-corrected chi connectivity index (χ0v) is 8.36. The number of furan rings is 1. The Hall–Kier alpha value is -0.810. The maximum Gasteiger partial charge on any atom is 0.295 e. The van der Waals surface area contributed by atoms with Gasteiger partial charge in [0, 0.05) is 12.3 Å². The molecule has 2 rings (SSSR count). The fraction of sp³-hybridized carbons (Fsp3) is 0.250. The van der Waals surface area contributed by atoms with E-state index in [1.54, 1.807) is 17.0 Å². The molecule has 5 heteroatoms. The second kappa shape index (κ2) is 3.51. The van der Waals surface area contributed by atoms with Gasteiger partial charge in [0.15, 0.2) is 5.76 Å². The van der Waals surface area contributed by atoms with Gasteiger partial charge in [0.05, 0.1) is 6.26 Å². The molecule has 1 amide bonds. The molecule has 68 valence electrons. The lowest BCUT2D eigenvalue weighted by atomic mass is 10.4. The molecule has 1 aliphatic rings. The van der Waals surface area contributed by atoms with Crippen LogP contribution in [-0.4, -0.2) is 27.4 Å². The van der Waals surface area contributed by atoms with Gasteiger partial charge in [-0.15, -0.1) is 0 Å². The van der Waals surface area contributed by atoms with Crippen molar-refractivity contribution in [2.45, 2.75) is 0 Å². The summed E-state index contributed by atoms with van der Waals surface area (Å²) in [4.78, 5) is 13.2. The quantitative estimate of drug-likeness (QED) is 0.665. The van der Waals surface area contributed by atoms with Crippen molar-refractivity contribution < 1.29 is 9.21 Å². The van der Waals surface area contributed by atoms with Crippen molar-refractivity contribution in [3.63, 3.8) is 0 Å². The number of carbonyl (C=O) groups is 1. The third-order valence-corrected chi connectivity index (χ3v) is 3.17.